The van der Waals surface area contributed by atoms with Crippen molar-refractivity contribution in [1.29, 1.82) is 0 Å². The van der Waals surface area contributed by atoms with Crippen molar-refractivity contribution in [1.82, 2.24) is 4.90 Å². The number of hydrogen-bond donors (Lipinski definition) is 1. The smallest absolute Gasteiger partial charge is 0.416 e. The van der Waals surface area contributed by atoms with E-state index in [1.165, 1.54) is 12.1 Å². The van der Waals surface area contributed by atoms with Gasteiger partial charge < -0.3 is 9.94 Å². The molecule has 1 N–H and O–H groups in total. The van der Waals surface area contributed by atoms with Crippen LogP contribution in [0.25, 0.3) is 0 Å². The fraction of sp³-hybridized carbons (Fsp3) is 0.483. The van der Waals surface area contributed by atoms with Crippen LogP contribution in [0.3, 0.4) is 0 Å². The van der Waals surface area contributed by atoms with Gasteiger partial charge in [-0.1, -0.05) is 49.5 Å². The summed E-state index contributed by atoms with van der Waals surface area (Å²) in [5.41, 5.74) is 2.58. The van der Waals surface area contributed by atoms with E-state index in [4.69, 9.17) is 9.94 Å². The van der Waals surface area contributed by atoms with Gasteiger partial charge in [0.2, 0.25) is 0 Å². The van der Waals surface area contributed by atoms with Crippen LogP contribution in [0.4, 0.5) is 13.2 Å². The van der Waals surface area contributed by atoms with Crippen molar-refractivity contribution >= 4 is 17.7 Å². The third kappa shape index (κ3) is 6.43. The molecule has 0 spiro atoms. The number of halogens is 3. The van der Waals surface area contributed by atoms with Crippen molar-refractivity contribution in [2.24, 2.45) is 11.1 Å². The summed E-state index contributed by atoms with van der Waals surface area (Å²) in [6, 6.07) is 9.41. The van der Waals surface area contributed by atoms with Crippen LogP contribution in [-0.2, 0) is 28.8 Å². The summed E-state index contributed by atoms with van der Waals surface area (Å²) in [5.74, 6) is -2.19. The second-order valence-electron chi connectivity index (χ2n) is 10.3. The largest absolute Gasteiger partial charge is 0.481 e. The molecule has 9 heteroatoms. The van der Waals surface area contributed by atoms with Gasteiger partial charge in [-0.3, -0.25) is 9.69 Å². The summed E-state index contributed by atoms with van der Waals surface area (Å²) in [6.45, 7) is 5.38. The van der Waals surface area contributed by atoms with Crippen LogP contribution in [0.2, 0.25) is 0 Å². The molecular formula is C29H33F3N2O4. The SMILES string of the molecule is CCc1cc(/C(C)=N/OC(=O)c2ccc(C3CCCCC3)c(C(F)(F)F)c2)ccc1CN1CC(C(=O)O)C1. The van der Waals surface area contributed by atoms with Gasteiger partial charge in [-0.05, 0) is 72.6 Å². The molecule has 0 bridgehead atoms. The average Bonchev–Trinajstić information content (AvgIpc) is 2.88. The Kier molecular flexibility index (Phi) is 8.55. The molecule has 1 heterocycles. The summed E-state index contributed by atoms with van der Waals surface area (Å²) in [4.78, 5) is 30.8. The van der Waals surface area contributed by atoms with Crippen molar-refractivity contribution in [2.45, 2.75) is 71.0 Å². The van der Waals surface area contributed by atoms with Gasteiger partial charge >= 0.3 is 18.1 Å². The van der Waals surface area contributed by atoms with Crippen LogP contribution in [0, 0.1) is 5.92 Å². The number of rotatable bonds is 8. The maximum atomic E-state index is 13.8. The lowest BCUT2D eigenvalue weighted by Crippen LogP contribution is -2.49. The Labute approximate surface area is 220 Å². The number of carbonyl (C=O) groups is 2. The highest BCUT2D eigenvalue weighted by Gasteiger charge is 2.36. The minimum atomic E-state index is -4.56. The Morgan fingerprint density at radius 2 is 1.71 bits per heavy atom. The molecule has 0 amide bonds. The van der Waals surface area contributed by atoms with E-state index in [2.05, 4.69) is 10.1 Å². The molecule has 204 valence electrons. The average molecular weight is 531 g/mol. The van der Waals surface area contributed by atoms with Crippen LogP contribution in [0.5, 0.6) is 0 Å². The van der Waals surface area contributed by atoms with Gasteiger partial charge in [0.15, 0.2) is 0 Å². The van der Waals surface area contributed by atoms with Gasteiger partial charge in [0.25, 0.3) is 0 Å². The minimum absolute atomic E-state index is 0.152. The number of alkyl halides is 3. The third-order valence-electron chi connectivity index (χ3n) is 7.61. The van der Waals surface area contributed by atoms with Crippen molar-refractivity contribution in [3.05, 3.63) is 69.8 Å². The highest BCUT2D eigenvalue weighted by atomic mass is 19.4. The molecule has 1 saturated heterocycles. The summed E-state index contributed by atoms with van der Waals surface area (Å²) in [6.07, 6.45) is 0.471. The normalized spacial score (nSPS) is 17.8. The van der Waals surface area contributed by atoms with Gasteiger partial charge in [-0.25, -0.2) is 4.79 Å². The van der Waals surface area contributed by atoms with E-state index in [0.29, 0.717) is 25.3 Å². The highest BCUT2D eigenvalue weighted by Crippen LogP contribution is 2.41. The molecule has 1 aliphatic carbocycles. The van der Waals surface area contributed by atoms with Crippen molar-refractivity contribution < 1.29 is 32.7 Å². The molecule has 2 aliphatic rings. The summed E-state index contributed by atoms with van der Waals surface area (Å²) in [7, 11) is 0. The van der Waals surface area contributed by atoms with Crippen LogP contribution < -0.4 is 0 Å². The van der Waals surface area contributed by atoms with E-state index in [-0.39, 0.29) is 23.0 Å². The zero-order valence-electron chi connectivity index (χ0n) is 21.7. The molecule has 4 rings (SSSR count). The second kappa shape index (κ2) is 11.7. The number of carboxylic acid groups (broad SMARTS) is 1. The van der Waals surface area contributed by atoms with E-state index in [1.807, 2.05) is 25.1 Å². The number of hydrogen-bond acceptors (Lipinski definition) is 5. The van der Waals surface area contributed by atoms with Crippen molar-refractivity contribution in [2.75, 3.05) is 13.1 Å². The topological polar surface area (TPSA) is 79.2 Å². The Morgan fingerprint density at radius 1 is 1.03 bits per heavy atom. The van der Waals surface area contributed by atoms with E-state index < -0.39 is 23.7 Å². The predicted octanol–water partition coefficient (Wildman–Crippen LogP) is 6.41. The number of benzene rings is 2. The predicted molar refractivity (Wildman–Crippen MR) is 137 cm³/mol. The van der Waals surface area contributed by atoms with Gasteiger partial charge in [-0.2, -0.15) is 13.2 Å². The molecule has 0 unspecified atom stereocenters. The van der Waals surface area contributed by atoms with Crippen LogP contribution in [0.1, 0.15) is 90.0 Å². The minimum Gasteiger partial charge on any atom is -0.481 e. The lowest BCUT2D eigenvalue weighted by molar-refractivity contribution is -0.147. The molecule has 1 aliphatic heterocycles. The first-order valence-electron chi connectivity index (χ1n) is 13.1. The number of likely N-dealkylation sites (tertiary alicyclic amines) is 1. The summed E-state index contributed by atoms with van der Waals surface area (Å²) >= 11 is 0. The van der Waals surface area contributed by atoms with Gasteiger partial charge in [0, 0.05) is 19.6 Å². The Bertz CT molecular complexity index is 1210. The summed E-state index contributed by atoms with van der Waals surface area (Å²) in [5, 5.41) is 13.0. The molecule has 2 aromatic rings. The van der Waals surface area contributed by atoms with Gasteiger partial charge in [0.05, 0.1) is 22.8 Å². The zero-order valence-corrected chi connectivity index (χ0v) is 21.7. The molecule has 1 saturated carbocycles. The van der Waals surface area contributed by atoms with Gasteiger partial charge in [-0.15, -0.1) is 0 Å². The first kappa shape index (κ1) is 27.8. The number of aliphatic carboxylic acids is 1. The Hall–Kier alpha value is -3.20. The first-order valence-corrected chi connectivity index (χ1v) is 13.1. The molecule has 2 aromatic carbocycles. The highest BCUT2D eigenvalue weighted by molar-refractivity contribution is 5.99. The molecule has 2 fully saturated rings. The Balaban J connectivity index is 1.45. The van der Waals surface area contributed by atoms with E-state index >= 15 is 0 Å². The molecule has 6 nitrogen and oxygen atoms in total. The molecule has 0 radical (unpaired) electrons. The zero-order chi connectivity index (χ0) is 27.4. The van der Waals surface area contributed by atoms with E-state index in [0.717, 1.165) is 61.3 Å². The van der Waals surface area contributed by atoms with E-state index in [9.17, 15) is 22.8 Å². The lowest BCUT2D eigenvalue weighted by atomic mass is 9.81. The fourth-order valence-corrected chi connectivity index (χ4v) is 5.34. The van der Waals surface area contributed by atoms with E-state index in [1.54, 1.807) is 6.92 Å². The number of carboxylic acids is 1. The maximum Gasteiger partial charge on any atom is 0.416 e. The molecule has 0 atom stereocenters. The number of oxime groups is 1. The van der Waals surface area contributed by atoms with Gasteiger partial charge in [0.1, 0.15) is 0 Å². The monoisotopic (exact) mass is 530 g/mol. The van der Waals surface area contributed by atoms with Crippen LogP contribution >= 0.6 is 0 Å². The van der Waals surface area contributed by atoms with Crippen molar-refractivity contribution in [3.8, 4) is 0 Å². The quantitative estimate of drug-likeness (QED) is 0.242. The molecule has 0 aromatic heterocycles. The van der Waals surface area contributed by atoms with Crippen LogP contribution in [-0.4, -0.2) is 40.7 Å². The molecular weight excluding hydrogens is 497 g/mol. The number of aryl methyl sites for hydroxylation is 1. The fourth-order valence-electron chi connectivity index (χ4n) is 5.34. The van der Waals surface area contributed by atoms with Crippen molar-refractivity contribution in [3.63, 3.8) is 0 Å². The van der Waals surface area contributed by atoms with Crippen LogP contribution in [0.15, 0.2) is 41.6 Å². The maximum absolute atomic E-state index is 13.8. The third-order valence-corrected chi connectivity index (χ3v) is 7.61. The lowest BCUT2D eigenvalue weighted by Gasteiger charge is -2.37. The second-order valence-corrected chi connectivity index (χ2v) is 10.3. The first-order chi connectivity index (χ1) is 18.1. The number of nitrogens with zero attached hydrogens (tertiary/aromatic N) is 2. The standard InChI is InChI=1S/C29H33F3N2O4/c1-3-19-13-21(9-10-23(19)15-34-16-24(17-34)27(35)36)18(2)33-38-28(37)22-11-12-25(20-7-5-4-6-8-20)26(14-22)29(30,31)32/h9-14,20,24H,3-8,15-17H2,1-2H3,(H,35,36)/b33-18+. The number of carbonyl (C=O) groups excluding carboxylic acids is 1. The summed E-state index contributed by atoms with van der Waals surface area (Å²) < 4.78 is 41.5. The Morgan fingerprint density at radius 3 is 2.34 bits per heavy atom. The molecule has 38 heavy (non-hydrogen) atoms.